The number of carbonyl (C=O) groups excluding carboxylic acids is 4. The number of nitrogens with one attached hydrogen (secondary N) is 2. The second-order valence-corrected chi connectivity index (χ2v) is 10.6. The van der Waals surface area contributed by atoms with Crippen LogP contribution in [0.4, 0.5) is 0 Å². The Hall–Kier alpha value is -3.68. The molecule has 4 aliphatic rings. The van der Waals surface area contributed by atoms with Crippen molar-refractivity contribution < 1.29 is 19.2 Å². The zero-order chi connectivity index (χ0) is 25.9. The van der Waals surface area contributed by atoms with E-state index in [1.54, 1.807) is 30.3 Å². The lowest BCUT2D eigenvalue weighted by Crippen LogP contribution is -2.57. The molecule has 1 saturated heterocycles. The number of amides is 4. The van der Waals surface area contributed by atoms with E-state index in [0.29, 0.717) is 5.56 Å². The van der Waals surface area contributed by atoms with Gasteiger partial charge in [-0.15, -0.1) is 23.2 Å². The molecule has 1 aliphatic heterocycles. The van der Waals surface area contributed by atoms with E-state index in [1.807, 2.05) is 48.5 Å². The number of halogens is 2. The minimum atomic E-state index is -1.26. The fourth-order valence-corrected chi connectivity index (χ4v) is 7.11. The van der Waals surface area contributed by atoms with E-state index in [0.717, 1.165) is 27.2 Å². The Balaban J connectivity index is 1.26. The third kappa shape index (κ3) is 3.20. The van der Waals surface area contributed by atoms with Gasteiger partial charge in [-0.05, 0) is 34.4 Å². The van der Waals surface area contributed by atoms with Crippen molar-refractivity contribution in [3.63, 3.8) is 0 Å². The van der Waals surface area contributed by atoms with Crippen molar-refractivity contribution in [2.24, 2.45) is 11.8 Å². The van der Waals surface area contributed by atoms with E-state index in [-0.39, 0.29) is 13.0 Å². The number of benzene rings is 3. The first-order valence-corrected chi connectivity index (χ1v) is 12.6. The predicted molar refractivity (Wildman–Crippen MR) is 137 cm³/mol. The van der Waals surface area contributed by atoms with Crippen LogP contribution in [0, 0.1) is 11.8 Å². The molecule has 3 aliphatic carbocycles. The zero-order valence-electron chi connectivity index (χ0n) is 19.4. The summed E-state index contributed by atoms with van der Waals surface area (Å²) >= 11 is 14.7. The van der Waals surface area contributed by atoms with Crippen molar-refractivity contribution in [1.29, 1.82) is 0 Å². The van der Waals surface area contributed by atoms with Crippen molar-refractivity contribution in [1.82, 2.24) is 15.8 Å². The highest BCUT2D eigenvalue weighted by Gasteiger charge is 2.72. The maximum Gasteiger partial charge on any atom is 0.269 e. The Morgan fingerprint density at radius 1 is 0.703 bits per heavy atom. The molecule has 7 nitrogen and oxygen atoms in total. The van der Waals surface area contributed by atoms with Crippen LogP contribution in [0.15, 0.2) is 78.9 Å². The van der Waals surface area contributed by atoms with Crippen LogP contribution in [0.1, 0.15) is 39.0 Å². The molecule has 2 N–H and O–H groups in total. The molecule has 37 heavy (non-hydrogen) atoms. The summed E-state index contributed by atoms with van der Waals surface area (Å²) in [5.74, 6) is -3.76. The lowest BCUT2D eigenvalue weighted by Gasteiger charge is -2.54. The quantitative estimate of drug-likeness (QED) is 0.305. The van der Waals surface area contributed by atoms with Gasteiger partial charge in [0.25, 0.3) is 5.91 Å². The van der Waals surface area contributed by atoms with E-state index in [4.69, 9.17) is 23.2 Å². The van der Waals surface area contributed by atoms with Gasteiger partial charge < -0.3 is 0 Å². The number of hydrogen-bond donors (Lipinski definition) is 2. The number of nitrogens with zero attached hydrogens (tertiary/aromatic N) is 1. The Kier molecular flexibility index (Phi) is 5.40. The summed E-state index contributed by atoms with van der Waals surface area (Å²) in [7, 11) is 0. The molecule has 1 fully saturated rings. The molecule has 0 unspecified atom stereocenters. The molecule has 0 radical (unpaired) electrons. The first kappa shape index (κ1) is 23.7. The standard InChI is InChI=1S/C28H21Cl2N3O4/c29-27-17-10-4-5-11-18(17)28(30,20-13-7-6-12-19(20)27)23-22(27)25(36)33(26(23)37)15-14-21(34)31-32-24(35)16-8-2-1-3-9-16/h1-13,22-23H,14-15H2,(H,31,34)(H,32,35)/t22-,23-,27?,28?/m0/s1. The minimum absolute atomic E-state index is 0.162. The molecule has 2 atom stereocenters. The van der Waals surface area contributed by atoms with Gasteiger partial charge in [0.15, 0.2) is 0 Å². The monoisotopic (exact) mass is 533 g/mol. The number of likely N-dealkylation sites (tertiary alicyclic amines) is 1. The van der Waals surface area contributed by atoms with Crippen LogP contribution < -0.4 is 10.9 Å². The van der Waals surface area contributed by atoms with Crippen LogP contribution >= 0.6 is 23.2 Å². The molecule has 4 amide bonds. The van der Waals surface area contributed by atoms with Gasteiger partial charge >= 0.3 is 0 Å². The Bertz CT molecular complexity index is 1350. The molecule has 3 aromatic rings. The molecule has 7 rings (SSSR count). The molecule has 3 aromatic carbocycles. The molecule has 0 spiro atoms. The third-order valence-electron chi connectivity index (χ3n) is 7.59. The maximum absolute atomic E-state index is 13.7. The first-order chi connectivity index (χ1) is 17.8. The normalized spacial score (nSPS) is 26.8. The fourth-order valence-electron chi connectivity index (χ4n) is 6.01. The van der Waals surface area contributed by atoms with Gasteiger partial charge in [0.2, 0.25) is 17.7 Å². The topological polar surface area (TPSA) is 95.6 Å². The van der Waals surface area contributed by atoms with E-state index in [1.165, 1.54) is 0 Å². The van der Waals surface area contributed by atoms with Crippen LogP contribution in [0.5, 0.6) is 0 Å². The Morgan fingerprint density at radius 2 is 1.14 bits per heavy atom. The summed E-state index contributed by atoms with van der Waals surface area (Å²) in [5, 5.41) is 0. The van der Waals surface area contributed by atoms with Gasteiger partial charge in [-0.1, -0.05) is 66.7 Å². The molecule has 1 heterocycles. The SMILES string of the molecule is O=C(CCN1C(=O)[C@@H]2[C@@H](C1=O)C1(Cl)c3ccccc3C2(Cl)c2ccccc21)NNC(=O)c1ccccc1. The lowest BCUT2D eigenvalue weighted by atomic mass is 9.54. The summed E-state index contributed by atoms with van der Waals surface area (Å²) in [6, 6.07) is 23.2. The lowest BCUT2D eigenvalue weighted by molar-refractivity contribution is -0.140. The van der Waals surface area contributed by atoms with Crippen molar-refractivity contribution >= 4 is 46.8 Å². The summed E-state index contributed by atoms with van der Waals surface area (Å²) < 4.78 is 0. The highest BCUT2D eigenvalue weighted by Crippen LogP contribution is 2.69. The molecular formula is C28H21Cl2N3O4. The zero-order valence-corrected chi connectivity index (χ0v) is 20.9. The number of rotatable bonds is 4. The average molecular weight is 534 g/mol. The highest BCUT2D eigenvalue weighted by atomic mass is 35.5. The summed E-state index contributed by atoms with van der Waals surface area (Å²) in [6.07, 6.45) is -0.198. The minimum Gasteiger partial charge on any atom is -0.281 e. The van der Waals surface area contributed by atoms with Gasteiger partial charge in [0.05, 0.1) is 11.8 Å². The molecule has 9 heteroatoms. The van der Waals surface area contributed by atoms with Gasteiger partial charge in [-0.3, -0.25) is 34.9 Å². The second-order valence-electron chi connectivity index (χ2n) is 9.42. The number of carbonyl (C=O) groups is 4. The summed E-state index contributed by atoms with van der Waals surface area (Å²) in [5.41, 5.74) is 7.92. The Labute approximate surface area is 222 Å². The van der Waals surface area contributed by atoms with E-state index in [2.05, 4.69) is 10.9 Å². The fraction of sp³-hybridized carbons (Fsp3) is 0.214. The van der Waals surface area contributed by atoms with Crippen molar-refractivity contribution in [3.8, 4) is 0 Å². The molecule has 186 valence electrons. The van der Waals surface area contributed by atoms with E-state index in [9.17, 15) is 19.2 Å². The van der Waals surface area contributed by atoms with Gasteiger partial charge in [-0.2, -0.15) is 0 Å². The molecule has 0 aromatic heterocycles. The van der Waals surface area contributed by atoms with Gasteiger partial charge in [0.1, 0.15) is 9.75 Å². The van der Waals surface area contributed by atoms with E-state index >= 15 is 0 Å². The van der Waals surface area contributed by atoms with Crippen molar-refractivity contribution in [2.75, 3.05) is 6.54 Å². The number of hydrazine groups is 1. The number of imide groups is 1. The van der Waals surface area contributed by atoms with E-state index < -0.39 is 45.2 Å². The average Bonchev–Trinajstić information content (AvgIpc) is 3.19. The predicted octanol–water partition coefficient (Wildman–Crippen LogP) is 3.43. The third-order valence-corrected chi connectivity index (χ3v) is 8.88. The van der Waals surface area contributed by atoms with Crippen LogP contribution in [0.3, 0.4) is 0 Å². The van der Waals surface area contributed by atoms with Crippen LogP contribution in [-0.4, -0.2) is 35.1 Å². The van der Waals surface area contributed by atoms with Crippen LogP contribution in [0.2, 0.25) is 0 Å². The highest BCUT2D eigenvalue weighted by molar-refractivity contribution is 6.36. The number of alkyl halides is 2. The first-order valence-electron chi connectivity index (χ1n) is 11.9. The van der Waals surface area contributed by atoms with Gasteiger partial charge in [-0.25, -0.2) is 0 Å². The molecule has 2 bridgehead atoms. The second kappa shape index (κ2) is 8.43. The maximum atomic E-state index is 13.7. The van der Waals surface area contributed by atoms with Crippen molar-refractivity contribution in [2.45, 2.75) is 16.2 Å². The Morgan fingerprint density at radius 3 is 1.59 bits per heavy atom. The summed E-state index contributed by atoms with van der Waals surface area (Å²) in [4.78, 5) is 50.7. The largest absolute Gasteiger partial charge is 0.281 e. The van der Waals surface area contributed by atoms with Crippen LogP contribution in [-0.2, 0) is 24.1 Å². The molecular weight excluding hydrogens is 513 g/mol. The summed E-state index contributed by atoms with van der Waals surface area (Å²) in [6.45, 7) is -0.162. The van der Waals surface area contributed by atoms with Gasteiger partial charge in [0, 0.05) is 18.5 Å². The number of hydrogen-bond acceptors (Lipinski definition) is 4. The smallest absolute Gasteiger partial charge is 0.269 e. The molecule has 0 saturated carbocycles. The van der Waals surface area contributed by atoms with Crippen molar-refractivity contribution in [3.05, 3.63) is 107 Å². The van der Waals surface area contributed by atoms with Crippen LogP contribution in [0.25, 0.3) is 0 Å².